The summed E-state index contributed by atoms with van der Waals surface area (Å²) in [4.78, 5) is 0. The van der Waals surface area contributed by atoms with E-state index in [0.717, 1.165) is 7.11 Å². The molecule has 1 nitrogen and oxygen atoms in total. The first-order chi connectivity index (χ1) is 1.00. The van der Waals surface area contributed by atoms with Crippen LogP contribution in [0.5, 0.6) is 0 Å². The number of halogens is 1. The summed E-state index contributed by atoms with van der Waals surface area (Å²) >= 11 is 0. The van der Waals surface area contributed by atoms with Gasteiger partial charge < -0.3 is 5.11 Å². The van der Waals surface area contributed by atoms with Gasteiger partial charge >= 0.3 is 0 Å². The van der Waals surface area contributed by atoms with E-state index in [2.05, 4.69) is 0 Å². The molecule has 0 aliphatic rings. The summed E-state index contributed by atoms with van der Waals surface area (Å²) in [5.41, 5.74) is 0. The van der Waals surface area contributed by atoms with Gasteiger partial charge in [-0.2, -0.15) is 0 Å². The zero-order valence-corrected chi connectivity index (χ0v) is 5.14. The smallest absolute Gasteiger partial charge is 0.0319 e. The Hall–Kier alpha value is 1.54. The van der Waals surface area contributed by atoms with E-state index in [9.17, 15) is 0 Å². The molecule has 1 N–H and O–H groups in total. The summed E-state index contributed by atoms with van der Waals surface area (Å²) < 4.78 is 0. The first-order valence-electron chi connectivity index (χ1n) is 0.447. The van der Waals surface area contributed by atoms with Crippen LogP contribution in [0, 0.1) is 38.6 Å². The maximum absolute atomic E-state index is 7.00. The maximum atomic E-state index is 7.00. The first kappa shape index (κ1) is 17.7. The van der Waals surface area contributed by atoms with Crippen LogP contribution in [0.2, 0.25) is 0 Å². The van der Waals surface area contributed by atoms with Crippen LogP contribution in [0.25, 0.3) is 0 Å². The van der Waals surface area contributed by atoms with Crippen LogP contribution in [-0.2, 0) is 0 Å². The monoisotopic (exact) mass is 227 g/mol. The largest absolute Gasteiger partial charge is 0.400 e. The van der Waals surface area contributed by atoms with Gasteiger partial charge in [-0.25, -0.2) is 0 Å². The number of aliphatic hydroxyl groups excluding tert-OH is 1. The Labute approximate surface area is 62.6 Å². The van der Waals surface area contributed by atoms with E-state index in [0.29, 0.717) is 0 Å². The normalized spacial score (nSPS) is 1.50. The summed E-state index contributed by atoms with van der Waals surface area (Å²) in [6.07, 6.45) is 0. The molecule has 31 valence electrons. The Kier molecular flexibility index (Phi) is 106. The van der Waals surface area contributed by atoms with Crippen LogP contribution in [0.3, 0.4) is 0 Å². The van der Waals surface area contributed by atoms with Crippen LogP contribution in [0.1, 0.15) is 0 Å². The van der Waals surface area contributed by atoms with Crippen molar-refractivity contribution in [1.82, 2.24) is 0 Å². The standard InChI is InChI=1S/CH4O.ClH.Tb/c1-2;;/h2H,1H3;1H;. The molecule has 4 heavy (non-hydrogen) atoms. The first-order valence-corrected chi connectivity index (χ1v) is 0.447. The van der Waals surface area contributed by atoms with Crippen LogP contribution in [0.15, 0.2) is 0 Å². The van der Waals surface area contributed by atoms with Crippen molar-refractivity contribution in [1.29, 1.82) is 0 Å². The molecule has 0 aromatic heterocycles. The van der Waals surface area contributed by atoms with Crippen molar-refractivity contribution in [3.05, 3.63) is 0 Å². The average Bonchev–Trinajstić information content (AvgIpc) is 1.00. The van der Waals surface area contributed by atoms with Crippen molar-refractivity contribution in [2.45, 2.75) is 0 Å². The van der Waals surface area contributed by atoms with Gasteiger partial charge in [-0.15, -0.1) is 12.4 Å². The second kappa shape index (κ2) is 24.0. The van der Waals surface area contributed by atoms with Crippen LogP contribution in [0.4, 0.5) is 0 Å². The van der Waals surface area contributed by atoms with Gasteiger partial charge in [-0.05, 0) is 0 Å². The van der Waals surface area contributed by atoms with Gasteiger partial charge in [0.25, 0.3) is 0 Å². The summed E-state index contributed by atoms with van der Waals surface area (Å²) in [6, 6.07) is 0. The molecule has 0 aliphatic heterocycles. The molecule has 0 saturated heterocycles. The number of hydrogen-bond acceptors (Lipinski definition) is 1. The third kappa shape index (κ3) is 9.64. The minimum Gasteiger partial charge on any atom is -0.400 e. The van der Waals surface area contributed by atoms with Gasteiger partial charge in [0.2, 0.25) is 0 Å². The van der Waals surface area contributed by atoms with Crippen molar-refractivity contribution >= 4 is 12.4 Å². The Morgan fingerprint density at radius 1 is 1.25 bits per heavy atom. The second-order valence-corrected chi connectivity index (χ2v) is 0. The Morgan fingerprint density at radius 3 is 1.25 bits per heavy atom. The SMILES string of the molecule is CO.Cl.[Tb]. The van der Waals surface area contributed by atoms with E-state index in [1.807, 2.05) is 0 Å². The fraction of sp³-hybridized carbons (Fsp3) is 1.00. The van der Waals surface area contributed by atoms with E-state index in [1.54, 1.807) is 0 Å². The van der Waals surface area contributed by atoms with Gasteiger partial charge in [0, 0.05) is 45.7 Å². The van der Waals surface area contributed by atoms with Gasteiger partial charge in [0.05, 0.1) is 0 Å². The van der Waals surface area contributed by atoms with Crippen molar-refractivity contribution in [3.8, 4) is 0 Å². The van der Waals surface area contributed by atoms with Crippen molar-refractivity contribution in [3.63, 3.8) is 0 Å². The molecule has 0 amide bonds. The fourth-order valence-electron chi connectivity index (χ4n) is 0. The quantitative estimate of drug-likeness (QED) is 0.619. The van der Waals surface area contributed by atoms with Crippen molar-refractivity contribution < 1.29 is 43.7 Å². The van der Waals surface area contributed by atoms with Gasteiger partial charge in [-0.3, -0.25) is 0 Å². The molecule has 0 aliphatic carbocycles. The van der Waals surface area contributed by atoms with E-state index < -0.39 is 0 Å². The molecule has 0 atom stereocenters. The zero-order valence-electron chi connectivity index (χ0n) is 2.19. The molecule has 0 saturated carbocycles. The summed E-state index contributed by atoms with van der Waals surface area (Å²) in [5.74, 6) is 0. The van der Waals surface area contributed by atoms with Gasteiger partial charge in [0.1, 0.15) is 0 Å². The zero-order chi connectivity index (χ0) is 2.00. The number of hydrogen-bond donors (Lipinski definition) is 1. The molecule has 0 aromatic carbocycles. The van der Waals surface area contributed by atoms with Crippen molar-refractivity contribution in [2.24, 2.45) is 0 Å². The third-order valence-corrected chi connectivity index (χ3v) is 0. The summed E-state index contributed by atoms with van der Waals surface area (Å²) in [7, 11) is 1.00. The topological polar surface area (TPSA) is 20.2 Å². The van der Waals surface area contributed by atoms with E-state index in [4.69, 9.17) is 5.11 Å². The molecule has 0 bridgehead atoms. The molecule has 0 fully saturated rings. The van der Waals surface area contributed by atoms with Gasteiger partial charge in [-0.1, -0.05) is 0 Å². The average molecular weight is 227 g/mol. The molecule has 0 spiro atoms. The van der Waals surface area contributed by atoms with Crippen molar-refractivity contribution in [2.75, 3.05) is 7.11 Å². The molecule has 0 aromatic rings. The predicted octanol–water partition coefficient (Wildman–Crippen LogP) is 0.0303. The predicted molar refractivity (Wildman–Crippen MR) is 15.4 cm³/mol. The van der Waals surface area contributed by atoms with E-state index in [-0.39, 0.29) is 51.0 Å². The Morgan fingerprint density at radius 2 is 1.25 bits per heavy atom. The minimum atomic E-state index is 0. The maximum Gasteiger partial charge on any atom is 0.0319 e. The van der Waals surface area contributed by atoms with Crippen LogP contribution in [-0.4, -0.2) is 12.2 Å². The third-order valence-electron chi connectivity index (χ3n) is 0. The Bertz CT molecular complexity index is 8.00. The fourth-order valence-corrected chi connectivity index (χ4v) is 0. The summed E-state index contributed by atoms with van der Waals surface area (Å²) in [5, 5.41) is 7.00. The van der Waals surface area contributed by atoms with E-state index >= 15 is 0 Å². The van der Waals surface area contributed by atoms with Crippen LogP contribution >= 0.6 is 12.4 Å². The molecular weight excluding hydrogens is 222 g/mol. The number of rotatable bonds is 0. The molecule has 0 rings (SSSR count). The summed E-state index contributed by atoms with van der Waals surface area (Å²) in [6.45, 7) is 0. The number of aliphatic hydroxyl groups is 1. The minimum absolute atomic E-state index is 0. The second-order valence-electron chi connectivity index (χ2n) is 0. The van der Waals surface area contributed by atoms with Gasteiger partial charge in [0.15, 0.2) is 0 Å². The molecule has 1 radical (unpaired) electrons. The van der Waals surface area contributed by atoms with Crippen LogP contribution < -0.4 is 0 Å². The van der Waals surface area contributed by atoms with E-state index in [1.165, 1.54) is 0 Å². The molecule has 0 heterocycles. The Balaban J connectivity index is -0.00000000500. The molecule has 0 unspecified atom stereocenters. The molecular formula is CH5ClOTb. The molecule has 3 heteroatoms.